The van der Waals surface area contributed by atoms with E-state index < -0.39 is 0 Å². The molecular weight excluding hydrogens is 256 g/mol. The molecule has 0 aliphatic carbocycles. The summed E-state index contributed by atoms with van der Waals surface area (Å²) in [5.41, 5.74) is 0. The Labute approximate surface area is 99.8 Å². The molecule has 0 spiro atoms. The molecular formula is C10H19BrN4. The van der Waals surface area contributed by atoms with E-state index in [-0.39, 0.29) is 0 Å². The fourth-order valence-electron chi connectivity index (χ4n) is 1.31. The average Bonchev–Trinajstić information content (AvgIpc) is 2.65. The van der Waals surface area contributed by atoms with Gasteiger partial charge in [-0.05, 0) is 20.4 Å². The summed E-state index contributed by atoms with van der Waals surface area (Å²) >= 11 is 3.48. The van der Waals surface area contributed by atoms with Gasteiger partial charge in [-0.15, -0.1) is 0 Å². The smallest absolute Gasteiger partial charge is 0.141 e. The highest BCUT2D eigenvalue weighted by atomic mass is 79.9. The van der Waals surface area contributed by atoms with E-state index in [0.717, 1.165) is 30.7 Å². The van der Waals surface area contributed by atoms with Crippen molar-refractivity contribution in [2.75, 3.05) is 12.4 Å². The molecule has 0 N–H and O–H groups in total. The van der Waals surface area contributed by atoms with Crippen LogP contribution < -0.4 is 0 Å². The first-order valence-corrected chi connectivity index (χ1v) is 6.44. The molecule has 0 amide bonds. The Balaban J connectivity index is 2.59. The lowest BCUT2D eigenvalue weighted by molar-refractivity contribution is 0.258. The van der Waals surface area contributed by atoms with Crippen LogP contribution in [0.15, 0.2) is 6.33 Å². The number of alkyl halides is 1. The van der Waals surface area contributed by atoms with Gasteiger partial charge < -0.3 is 0 Å². The first-order valence-electron chi connectivity index (χ1n) is 5.31. The van der Waals surface area contributed by atoms with Crippen molar-refractivity contribution in [3.8, 4) is 0 Å². The van der Waals surface area contributed by atoms with Crippen molar-refractivity contribution in [1.82, 2.24) is 19.7 Å². The molecule has 4 nitrogen and oxygen atoms in total. The predicted molar refractivity (Wildman–Crippen MR) is 65.0 cm³/mol. The molecule has 0 bridgehead atoms. The van der Waals surface area contributed by atoms with Gasteiger partial charge in [0.15, 0.2) is 0 Å². The lowest BCUT2D eigenvalue weighted by Gasteiger charge is -2.22. The van der Waals surface area contributed by atoms with Gasteiger partial charge in [0.2, 0.25) is 0 Å². The fraction of sp³-hybridized carbons (Fsp3) is 0.800. The molecule has 0 saturated carbocycles. The maximum atomic E-state index is 4.29. The maximum absolute atomic E-state index is 4.29. The van der Waals surface area contributed by atoms with Gasteiger partial charge in [-0.1, -0.05) is 22.9 Å². The predicted octanol–water partition coefficient (Wildman–Crippen LogP) is 1.90. The van der Waals surface area contributed by atoms with Crippen molar-refractivity contribution < 1.29 is 0 Å². The minimum atomic E-state index is 0.511. The van der Waals surface area contributed by atoms with E-state index in [1.54, 1.807) is 6.33 Å². The van der Waals surface area contributed by atoms with E-state index in [0.29, 0.717) is 6.04 Å². The Morgan fingerprint density at radius 2 is 2.33 bits per heavy atom. The molecule has 5 heteroatoms. The molecule has 1 aromatic heterocycles. The standard InChI is InChI=1S/C10H19BrN4/c1-4-5-15-10(12-8-13-15)7-14(3)9(2)6-11/h8-9H,4-7H2,1-3H3. The first kappa shape index (κ1) is 12.6. The number of hydrogen-bond donors (Lipinski definition) is 0. The van der Waals surface area contributed by atoms with Crippen molar-refractivity contribution in [3.05, 3.63) is 12.2 Å². The zero-order chi connectivity index (χ0) is 11.3. The second kappa shape index (κ2) is 6.23. The molecule has 0 aliphatic heterocycles. The van der Waals surface area contributed by atoms with Gasteiger partial charge in [-0.2, -0.15) is 5.10 Å². The number of aryl methyl sites for hydroxylation is 1. The summed E-state index contributed by atoms with van der Waals surface area (Å²) in [7, 11) is 2.11. The normalized spacial score (nSPS) is 13.4. The molecule has 86 valence electrons. The molecule has 0 saturated heterocycles. The number of halogens is 1. The molecule has 0 aliphatic rings. The van der Waals surface area contributed by atoms with Gasteiger partial charge >= 0.3 is 0 Å². The molecule has 0 aromatic carbocycles. The van der Waals surface area contributed by atoms with Gasteiger partial charge in [0, 0.05) is 17.9 Å². The number of rotatable bonds is 6. The molecule has 1 atom stereocenters. The first-order chi connectivity index (χ1) is 7.19. The highest BCUT2D eigenvalue weighted by molar-refractivity contribution is 9.09. The molecule has 0 fully saturated rings. The summed E-state index contributed by atoms with van der Waals surface area (Å²) in [4.78, 5) is 6.56. The largest absolute Gasteiger partial charge is 0.295 e. The molecule has 1 heterocycles. The minimum Gasteiger partial charge on any atom is -0.295 e. The summed E-state index contributed by atoms with van der Waals surface area (Å²) in [6.07, 6.45) is 2.73. The van der Waals surface area contributed by atoms with Gasteiger partial charge in [0.25, 0.3) is 0 Å². The maximum Gasteiger partial charge on any atom is 0.141 e. The molecule has 15 heavy (non-hydrogen) atoms. The summed E-state index contributed by atoms with van der Waals surface area (Å²) in [5, 5.41) is 5.19. The van der Waals surface area contributed by atoms with Crippen LogP contribution in [0.3, 0.4) is 0 Å². The summed E-state index contributed by atoms with van der Waals surface area (Å²) in [6, 6.07) is 0.511. The van der Waals surface area contributed by atoms with Gasteiger partial charge in [0.05, 0.1) is 6.54 Å². The van der Waals surface area contributed by atoms with Crippen molar-refractivity contribution in [2.45, 2.75) is 39.4 Å². The lowest BCUT2D eigenvalue weighted by Crippen LogP contribution is -2.31. The Kier molecular flexibility index (Phi) is 5.25. The number of hydrogen-bond acceptors (Lipinski definition) is 3. The highest BCUT2D eigenvalue weighted by Crippen LogP contribution is 2.05. The lowest BCUT2D eigenvalue weighted by atomic mass is 10.3. The van der Waals surface area contributed by atoms with Crippen LogP contribution in [0.5, 0.6) is 0 Å². The van der Waals surface area contributed by atoms with E-state index >= 15 is 0 Å². The van der Waals surface area contributed by atoms with Crippen LogP contribution in [0.1, 0.15) is 26.1 Å². The van der Waals surface area contributed by atoms with Crippen LogP contribution in [0.2, 0.25) is 0 Å². The van der Waals surface area contributed by atoms with Crippen molar-refractivity contribution in [1.29, 1.82) is 0 Å². The van der Waals surface area contributed by atoms with Crippen molar-refractivity contribution in [3.63, 3.8) is 0 Å². The minimum absolute atomic E-state index is 0.511. The third-order valence-corrected chi connectivity index (χ3v) is 3.43. The summed E-state index contributed by atoms with van der Waals surface area (Å²) < 4.78 is 1.98. The number of nitrogens with zero attached hydrogens (tertiary/aromatic N) is 4. The van der Waals surface area contributed by atoms with E-state index in [2.05, 4.69) is 51.8 Å². The number of aromatic nitrogens is 3. The van der Waals surface area contributed by atoms with Crippen LogP contribution in [0.4, 0.5) is 0 Å². The molecule has 1 unspecified atom stereocenters. The van der Waals surface area contributed by atoms with Crippen LogP contribution in [-0.4, -0.2) is 38.1 Å². The third-order valence-electron chi connectivity index (χ3n) is 2.50. The average molecular weight is 275 g/mol. The van der Waals surface area contributed by atoms with Crippen LogP contribution >= 0.6 is 15.9 Å². The fourth-order valence-corrected chi connectivity index (χ4v) is 1.80. The van der Waals surface area contributed by atoms with Crippen molar-refractivity contribution in [2.24, 2.45) is 0 Å². The molecule has 1 rings (SSSR count). The zero-order valence-corrected chi connectivity index (χ0v) is 11.2. The van der Waals surface area contributed by atoms with Crippen LogP contribution in [-0.2, 0) is 13.1 Å². The van der Waals surface area contributed by atoms with E-state index in [9.17, 15) is 0 Å². The Bertz CT molecular complexity index is 287. The highest BCUT2D eigenvalue weighted by Gasteiger charge is 2.11. The van der Waals surface area contributed by atoms with Gasteiger partial charge in [-0.25, -0.2) is 9.67 Å². The van der Waals surface area contributed by atoms with E-state index in [1.165, 1.54) is 0 Å². The van der Waals surface area contributed by atoms with Crippen molar-refractivity contribution >= 4 is 15.9 Å². The van der Waals surface area contributed by atoms with E-state index in [4.69, 9.17) is 0 Å². The van der Waals surface area contributed by atoms with Crippen LogP contribution in [0, 0.1) is 0 Å². The second-order valence-corrected chi connectivity index (χ2v) is 4.47. The Morgan fingerprint density at radius 1 is 1.60 bits per heavy atom. The Hall–Kier alpha value is -0.420. The SMILES string of the molecule is CCCn1ncnc1CN(C)C(C)CBr. The monoisotopic (exact) mass is 274 g/mol. The summed E-state index contributed by atoms with van der Waals surface area (Å²) in [6.45, 7) is 6.14. The molecule has 0 radical (unpaired) electrons. The molecule has 1 aromatic rings. The second-order valence-electron chi connectivity index (χ2n) is 3.82. The zero-order valence-electron chi connectivity index (χ0n) is 9.65. The van der Waals surface area contributed by atoms with Crippen LogP contribution in [0.25, 0.3) is 0 Å². The van der Waals surface area contributed by atoms with Gasteiger partial charge in [-0.3, -0.25) is 4.90 Å². The summed E-state index contributed by atoms with van der Waals surface area (Å²) in [5.74, 6) is 1.05. The topological polar surface area (TPSA) is 34.0 Å². The third kappa shape index (κ3) is 3.57. The van der Waals surface area contributed by atoms with Gasteiger partial charge in [0.1, 0.15) is 12.2 Å². The van der Waals surface area contributed by atoms with E-state index in [1.807, 2.05) is 4.68 Å². The Morgan fingerprint density at radius 3 is 2.93 bits per heavy atom. The quantitative estimate of drug-likeness (QED) is 0.744.